The molecule has 6 nitrogen and oxygen atoms in total. The van der Waals surface area contributed by atoms with Crippen LogP contribution in [0.2, 0.25) is 0 Å². The van der Waals surface area contributed by atoms with Crippen LogP contribution in [-0.4, -0.2) is 38.7 Å². The van der Waals surface area contributed by atoms with Crippen molar-refractivity contribution in [1.29, 1.82) is 0 Å². The van der Waals surface area contributed by atoms with Gasteiger partial charge in [-0.1, -0.05) is 19.4 Å². The fraction of sp³-hybridized carbons (Fsp3) is 0.400. The van der Waals surface area contributed by atoms with Gasteiger partial charge in [-0.3, -0.25) is 9.78 Å². The lowest BCUT2D eigenvalue weighted by atomic mass is 10.2. The molecule has 0 aliphatic rings. The van der Waals surface area contributed by atoms with Gasteiger partial charge in [-0.25, -0.2) is 0 Å². The van der Waals surface area contributed by atoms with E-state index in [4.69, 9.17) is 9.47 Å². The van der Waals surface area contributed by atoms with E-state index in [9.17, 15) is 4.79 Å². The zero-order valence-corrected chi connectivity index (χ0v) is 15.9. The average molecular weight is 357 g/mol. The molecule has 2 aromatic rings. The first-order valence-electron chi connectivity index (χ1n) is 8.75. The van der Waals surface area contributed by atoms with Crippen molar-refractivity contribution in [2.45, 2.75) is 26.3 Å². The van der Waals surface area contributed by atoms with Crippen LogP contribution in [0.25, 0.3) is 0 Å². The number of nitrogens with one attached hydrogen (secondary N) is 1. The lowest BCUT2D eigenvalue weighted by Gasteiger charge is -2.19. The molecule has 0 atom stereocenters. The van der Waals surface area contributed by atoms with Crippen molar-refractivity contribution in [2.24, 2.45) is 0 Å². The molecule has 0 spiro atoms. The zero-order valence-electron chi connectivity index (χ0n) is 15.9. The van der Waals surface area contributed by atoms with E-state index in [1.54, 1.807) is 20.4 Å². The molecular formula is C20H27N3O3. The number of ether oxygens (including phenoxy) is 2. The van der Waals surface area contributed by atoms with Gasteiger partial charge in [0.15, 0.2) is 11.5 Å². The normalized spacial score (nSPS) is 10.3. The van der Waals surface area contributed by atoms with E-state index in [1.807, 2.05) is 37.4 Å². The van der Waals surface area contributed by atoms with Crippen LogP contribution in [0.3, 0.4) is 0 Å². The van der Waals surface area contributed by atoms with Crippen molar-refractivity contribution >= 4 is 11.6 Å². The molecule has 0 bridgehead atoms. The number of methoxy groups -OCH3 is 2. The number of anilines is 1. The predicted octanol–water partition coefficient (Wildman–Crippen LogP) is 3.27. The Bertz CT molecular complexity index is 734. The number of carbonyl (C=O) groups is 1. The van der Waals surface area contributed by atoms with E-state index in [0.717, 1.165) is 30.6 Å². The second kappa shape index (κ2) is 9.65. The number of pyridine rings is 1. The summed E-state index contributed by atoms with van der Waals surface area (Å²) in [6.45, 7) is 3.50. The van der Waals surface area contributed by atoms with Crippen LogP contribution in [0.1, 0.15) is 35.8 Å². The Balaban J connectivity index is 2.02. The molecule has 1 amide bonds. The van der Waals surface area contributed by atoms with Crippen LogP contribution >= 0.6 is 0 Å². The van der Waals surface area contributed by atoms with E-state index in [-0.39, 0.29) is 5.91 Å². The number of benzene rings is 1. The third-order valence-electron chi connectivity index (χ3n) is 4.17. The van der Waals surface area contributed by atoms with Gasteiger partial charge in [-0.15, -0.1) is 0 Å². The highest BCUT2D eigenvalue weighted by molar-refractivity contribution is 5.93. The minimum atomic E-state index is -0.203. The second-order valence-electron chi connectivity index (χ2n) is 6.05. The Morgan fingerprint density at radius 2 is 1.92 bits per heavy atom. The fourth-order valence-electron chi connectivity index (χ4n) is 2.57. The Hall–Kier alpha value is -2.76. The monoisotopic (exact) mass is 357 g/mol. The molecule has 0 aliphatic carbocycles. The molecule has 1 N–H and O–H groups in total. The number of amides is 1. The lowest BCUT2D eigenvalue weighted by Crippen LogP contribution is -2.25. The third kappa shape index (κ3) is 5.12. The van der Waals surface area contributed by atoms with Gasteiger partial charge in [0.05, 0.1) is 14.2 Å². The van der Waals surface area contributed by atoms with Crippen molar-refractivity contribution in [3.63, 3.8) is 0 Å². The summed E-state index contributed by atoms with van der Waals surface area (Å²) in [5.74, 6) is 1.09. The van der Waals surface area contributed by atoms with Gasteiger partial charge in [0.2, 0.25) is 0 Å². The fourth-order valence-corrected chi connectivity index (χ4v) is 2.57. The van der Waals surface area contributed by atoms with Gasteiger partial charge >= 0.3 is 0 Å². The highest BCUT2D eigenvalue weighted by Gasteiger charge is 2.11. The summed E-state index contributed by atoms with van der Waals surface area (Å²) < 4.78 is 10.5. The molecular weight excluding hydrogens is 330 g/mol. The maximum atomic E-state index is 12.4. The van der Waals surface area contributed by atoms with Crippen molar-refractivity contribution in [3.8, 4) is 11.5 Å². The van der Waals surface area contributed by atoms with Gasteiger partial charge in [-0.2, -0.15) is 0 Å². The number of hydrogen-bond acceptors (Lipinski definition) is 5. The maximum absolute atomic E-state index is 12.4. The zero-order chi connectivity index (χ0) is 18.9. The summed E-state index contributed by atoms with van der Waals surface area (Å²) in [7, 11) is 5.20. The van der Waals surface area contributed by atoms with Crippen LogP contribution in [0.4, 0.5) is 5.69 Å². The summed E-state index contributed by atoms with van der Waals surface area (Å²) in [4.78, 5) is 18.8. The van der Waals surface area contributed by atoms with Crippen LogP contribution in [-0.2, 0) is 6.54 Å². The van der Waals surface area contributed by atoms with Crippen LogP contribution in [0.5, 0.6) is 11.5 Å². The van der Waals surface area contributed by atoms with E-state index in [1.165, 1.54) is 0 Å². The van der Waals surface area contributed by atoms with Crippen molar-refractivity contribution in [2.75, 3.05) is 32.7 Å². The first kappa shape index (κ1) is 19.6. The van der Waals surface area contributed by atoms with Gasteiger partial charge in [-0.05, 0) is 36.2 Å². The minimum Gasteiger partial charge on any atom is -0.493 e. The van der Waals surface area contributed by atoms with Gasteiger partial charge in [0, 0.05) is 32.0 Å². The summed E-state index contributed by atoms with van der Waals surface area (Å²) in [6, 6.07) is 9.30. The molecule has 0 radical (unpaired) electrons. The number of nitrogens with zero attached hydrogens (tertiary/aromatic N) is 2. The number of unbranched alkanes of at least 4 members (excludes halogenated alkanes) is 1. The number of hydrogen-bond donors (Lipinski definition) is 1. The summed E-state index contributed by atoms with van der Waals surface area (Å²) in [5, 5.41) is 2.90. The molecule has 1 heterocycles. The maximum Gasteiger partial charge on any atom is 0.270 e. The van der Waals surface area contributed by atoms with Crippen molar-refractivity contribution in [3.05, 3.63) is 47.8 Å². The van der Waals surface area contributed by atoms with Crippen molar-refractivity contribution in [1.82, 2.24) is 10.3 Å². The molecule has 0 aliphatic heterocycles. The average Bonchev–Trinajstić information content (AvgIpc) is 2.69. The molecule has 26 heavy (non-hydrogen) atoms. The topological polar surface area (TPSA) is 63.7 Å². The Labute approximate surface area is 155 Å². The number of aromatic nitrogens is 1. The molecule has 6 heteroatoms. The minimum absolute atomic E-state index is 0.203. The number of carbonyl (C=O) groups excluding carboxylic acids is 1. The Kier molecular flexibility index (Phi) is 7.26. The first-order chi connectivity index (χ1) is 12.6. The molecule has 1 aromatic heterocycles. The standard InChI is InChI=1S/C20H27N3O3/c1-5-6-11-23(2)16-9-10-21-17(13-16)20(24)22-14-15-7-8-18(25-3)19(12-15)26-4/h7-10,12-13H,5-6,11,14H2,1-4H3,(H,22,24). The third-order valence-corrected chi connectivity index (χ3v) is 4.17. The molecule has 0 fully saturated rings. The summed E-state index contributed by atoms with van der Waals surface area (Å²) in [6.07, 6.45) is 3.91. The van der Waals surface area contributed by atoms with Gasteiger partial charge in [0.25, 0.3) is 5.91 Å². The first-order valence-corrected chi connectivity index (χ1v) is 8.75. The molecule has 140 valence electrons. The largest absolute Gasteiger partial charge is 0.493 e. The van der Waals surface area contributed by atoms with Gasteiger partial charge in [0.1, 0.15) is 5.69 Å². The molecule has 0 saturated heterocycles. The summed E-state index contributed by atoms with van der Waals surface area (Å²) in [5.41, 5.74) is 2.32. The predicted molar refractivity (Wildman–Crippen MR) is 103 cm³/mol. The molecule has 0 unspecified atom stereocenters. The number of rotatable bonds is 9. The highest BCUT2D eigenvalue weighted by Crippen LogP contribution is 2.27. The SMILES string of the molecule is CCCCN(C)c1ccnc(C(=O)NCc2ccc(OC)c(OC)c2)c1. The quantitative estimate of drug-likeness (QED) is 0.746. The van der Waals surface area contributed by atoms with Crippen LogP contribution < -0.4 is 19.7 Å². The summed E-state index contributed by atoms with van der Waals surface area (Å²) >= 11 is 0. The van der Waals surface area contributed by atoms with Crippen LogP contribution in [0.15, 0.2) is 36.5 Å². The molecule has 0 saturated carbocycles. The second-order valence-corrected chi connectivity index (χ2v) is 6.05. The van der Waals surface area contributed by atoms with E-state index in [2.05, 4.69) is 22.1 Å². The smallest absolute Gasteiger partial charge is 0.270 e. The molecule has 1 aromatic carbocycles. The van der Waals surface area contributed by atoms with Crippen LogP contribution in [0, 0.1) is 0 Å². The Morgan fingerprint density at radius 3 is 2.62 bits per heavy atom. The van der Waals surface area contributed by atoms with E-state index >= 15 is 0 Å². The van der Waals surface area contributed by atoms with Crippen molar-refractivity contribution < 1.29 is 14.3 Å². The van der Waals surface area contributed by atoms with Gasteiger partial charge < -0.3 is 19.7 Å². The highest BCUT2D eigenvalue weighted by atomic mass is 16.5. The van der Waals surface area contributed by atoms with E-state index in [0.29, 0.717) is 23.7 Å². The lowest BCUT2D eigenvalue weighted by molar-refractivity contribution is 0.0946. The molecule has 2 rings (SSSR count). The van der Waals surface area contributed by atoms with E-state index < -0.39 is 0 Å². The Morgan fingerprint density at radius 1 is 1.15 bits per heavy atom.